The van der Waals surface area contributed by atoms with Crippen LogP contribution in [-0.2, 0) is 23.2 Å². The van der Waals surface area contributed by atoms with Crippen LogP contribution in [0.1, 0.15) is 11.3 Å². The maximum absolute atomic E-state index is 12.0. The first kappa shape index (κ1) is 13.2. The number of thiazole rings is 1. The molecular formula is C11H12N2O3S2. The van der Waals surface area contributed by atoms with Gasteiger partial charge in [-0.05, 0) is 17.7 Å². The van der Waals surface area contributed by atoms with Crippen LogP contribution in [0.4, 0.5) is 0 Å². The van der Waals surface area contributed by atoms with Crippen LogP contribution < -0.4 is 4.72 Å². The van der Waals surface area contributed by atoms with E-state index < -0.39 is 10.0 Å². The molecule has 0 saturated carbocycles. The van der Waals surface area contributed by atoms with E-state index in [-0.39, 0.29) is 18.0 Å². The molecule has 2 aromatic rings. The van der Waals surface area contributed by atoms with Gasteiger partial charge >= 0.3 is 0 Å². The molecule has 0 aliphatic rings. The normalized spacial score (nSPS) is 11.6. The molecule has 0 aliphatic heterocycles. The summed E-state index contributed by atoms with van der Waals surface area (Å²) < 4.78 is 26.4. The first-order valence-corrected chi connectivity index (χ1v) is 7.61. The predicted molar refractivity (Wildman–Crippen MR) is 68.5 cm³/mol. The van der Waals surface area contributed by atoms with Gasteiger partial charge < -0.3 is 5.11 Å². The maximum Gasteiger partial charge on any atom is 0.240 e. The molecule has 0 radical (unpaired) electrons. The molecular weight excluding hydrogens is 272 g/mol. The summed E-state index contributed by atoms with van der Waals surface area (Å²) in [6, 6.07) is 6.20. The molecule has 0 unspecified atom stereocenters. The van der Waals surface area contributed by atoms with Crippen molar-refractivity contribution in [1.29, 1.82) is 0 Å². The number of aliphatic hydroxyl groups excluding tert-OH is 1. The maximum atomic E-state index is 12.0. The summed E-state index contributed by atoms with van der Waals surface area (Å²) in [5.41, 5.74) is 2.89. The van der Waals surface area contributed by atoms with Gasteiger partial charge in [-0.25, -0.2) is 18.1 Å². The van der Waals surface area contributed by atoms with E-state index in [1.54, 1.807) is 23.0 Å². The third-order valence-electron chi connectivity index (χ3n) is 2.32. The van der Waals surface area contributed by atoms with E-state index in [1.807, 2.05) is 0 Å². The second-order valence-corrected chi connectivity index (χ2v) is 6.10. The number of rotatable bonds is 5. The van der Waals surface area contributed by atoms with Crippen LogP contribution in [-0.4, -0.2) is 18.5 Å². The highest BCUT2D eigenvalue weighted by molar-refractivity contribution is 7.89. The van der Waals surface area contributed by atoms with Crippen LogP contribution in [0.2, 0.25) is 0 Å². The van der Waals surface area contributed by atoms with Gasteiger partial charge in [0.15, 0.2) is 0 Å². The highest BCUT2D eigenvalue weighted by Gasteiger charge is 2.14. The lowest BCUT2D eigenvalue weighted by Gasteiger charge is -2.06. The van der Waals surface area contributed by atoms with Crippen molar-refractivity contribution < 1.29 is 13.5 Å². The number of nitrogens with zero attached hydrogens (tertiary/aromatic N) is 1. The average Bonchev–Trinajstić information content (AvgIpc) is 2.90. The van der Waals surface area contributed by atoms with Crippen LogP contribution in [0, 0.1) is 0 Å². The topological polar surface area (TPSA) is 79.3 Å². The van der Waals surface area contributed by atoms with Gasteiger partial charge in [-0.3, -0.25) is 0 Å². The monoisotopic (exact) mass is 284 g/mol. The minimum absolute atomic E-state index is 0.143. The van der Waals surface area contributed by atoms with E-state index in [1.165, 1.54) is 23.5 Å². The van der Waals surface area contributed by atoms with Crippen LogP contribution >= 0.6 is 11.3 Å². The van der Waals surface area contributed by atoms with Crippen LogP contribution in [0.5, 0.6) is 0 Å². The third kappa shape index (κ3) is 3.14. The molecule has 0 atom stereocenters. The van der Waals surface area contributed by atoms with Gasteiger partial charge in [-0.1, -0.05) is 12.1 Å². The molecule has 0 aliphatic carbocycles. The lowest BCUT2D eigenvalue weighted by Crippen LogP contribution is -2.23. The second kappa shape index (κ2) is 5.57. The van der Waals surface area contributed by atoms with E-state index in [0.29, 0.717) is 11.3 Å². The van der Waals surface area contributed by atoms with E-state index in [9.17, 15) is 8.42 Å². The smallest absolute Gasteiger partial charge is 0.240 e. The molecule has 1 aromatic heterocycles. The molecule has 0 bridgehead atoms. The quantitative estimate of drug-likeness (QED) is 0.862. The van der Waals surface area contributed by atoms with Crippen LogP contribution in [0.25, 0.3) is 0 Å². The summed E-state index contributed by atoms with van der Waals surface area (Å²) >= 11 is 1.41. The largest absolute Gasteiger partial charge is 0.392 e. The molecule has 0 amide bonds. The highest BCUT2D eigenvalue weighted by Crippen LogP contribution is 2.12. The van der Waals surface area contributed by atoms with Gasteiger partial charge in [-0.2, -0.15) is 0 Å². The molecule has 96 valence electrons. The Labute approximate surface area is 109 Å². The molecule has 1 heterocycles. The molecule has 2 rings (SSSR count). The Balaban J connectivity index is 2.14. The van der Waals surface area contributed by atoms with Gasteiger partial charge in [0.05, 0.1) is 29.3 Å². The van der Waals surface area contributed by atoms with Gasteiger partial charge in [0.25, 0.3) is 0 Å². The summed E-state index contributed by atoms with van der Waals surface area (Å²) in [6.07, 6.45) is 0. The average molecular weight is 284 g/mol. The number of aliphatic hydroxyl groups is 1. The van der Waals surface area contributed by atoms with E-state index in [2.05, 4.69) is 9.71 Å². The zero-order valence-corrected chi connectivity index (χ0v) is 11.0. The molecule has 0 saturated heterocycles. The summed E-state index contributed by atoms with van der Waals surface area (Å²) in [6.45, 7) is -0.0232. The number of aromatic nitrogens is 1. The standard InChI is InChI=1S/C11H12N2O3S2/c14-6-9-2-1-3-11(4-9)18(15,16)13-5-10-7-17-8-12-10/h1-4,7-8,13-14H,5-6H2. The number of benzene rings is 1. The van der Waals surface area contributed by atoms with Crippen molar-refractivity contribution in [3.63, 3.8) is 0 Å². The van der Waals surface area contributed by atoms with Crippen molar-refractivity contribution in [3.8, 4) is 0 Å². The molecule has 0 spiro atoms. The van der Waals surface area contributed by atoms with Crippen molar-refractivity contribution in [2.45, 2.75) is 18.0 Å². The number of hydrogen-bond acceptors (Lipinski definition) is 5. The minimum atomic E-state index is -3.57. The Bertz CT molecular complexity index is 609. The summed E-state index contributed by atoms with van der Waals surface area (Å²) in [5.74, 6) is 0. The lowest BCUT2D eigenvalue weighted by atomic mass is 10.2. The summed E-state index contributed by atoms with van der Waals surface area (Å²) in [5, 5.41) is 10.8. The van der Waals surface area contributed by atoms with Crippen molar-refractivity contribution in [2.75, 3.05) is 0 Å². The Morgan fingerprint density at radius 1 is 1.39 bits per heavy atom. The molecule has 7 heteroatoms. The van der Waals surface area contributed by atoms with Crippen molar-refractivity contribution in [2.24, 2.45) is 0 Å². The van der Waals surface area contributed by atoms with Gasteiger partial charge in [0, 0.05) is 5.38 Å². The van der Waals surface area contributed by atoms with Gasteiger partial charge in [-0.15, -0.1) is 11.3 Å². The molecule has 2 N–H and O–H groups in total. The second-order valence-electron chi connectivity index (χ2n) is 3.61. The highest BCUT2D eigenvalue weighted by atomic mass is 32.2. The Morgan fingerprint density at radius 2 is 2.22 bits per heavy atom. The fourth-order valence-corrected chi connectivity index (χ4v) is 3.02. The van der Waals surface area contributed by atoms with E-state index >= 15 is 0 Å². The van der Waals surface area contributed by atoms with Crippen molar-refractivity contribution in [1.82, 2.24) is 9.71 Å². The first-order chi connectivity index (χ1) is 8.62. The predicted octanol–water partition coefficient (Wildman–Crippen LogP) is 1.11. The molecule has 1 aromatic carbocycles. The lowest BCUT2D eigenvalue weighted by molar-refractivity contribution is 0.281. The van der Waals surface area contributed by atoms with Gasteiger partial charge in [0.1, 0.15) is 0 Å². The third-order valence-corrected chi connectivity index (χ3v) is 4.35. The molecule has 5 nitrogen and oxygen atoms in total. The van der Waals surface area contributed by atoms with Crippen LogP contribution in [0.3, 0.4) is 0 Å². The first-order valence-electron chi connectivity index (χ1n) is 5.18. The zero-order chi connectivity index (χ0) is 13.0. The van der Waals surface area contributed by atoms with Crippen molar-refractivity contribution in [3.05, 3.63) is 46.4 Å². The van der Waals surface area contributed by atoms with Gasteiger partial charge in [0.2, 0.25) is 10.0 Å². The van der Waals surface area contributed by atoms with E-state index in [4.69, 9.17) is 5.11 Å². The summed E-state index contributed by atoms with van der Waals surface area (Å²) in [7, 11) is -3.57. The Kier molecular flexibility index (Phi) is 4.07. The number of sulfonamides is 1. The van der Waals surface area contributed by atoms with Crippen molar-refractivity contribution >= 4 is 21.4 Å². The van der Waals surface area contributed by atoms with Crippen LogP contribution in [0.15, 0.2) is 40.1 Å². The fourth-order valence-electron chi connectivity index (χ4n) is 1.39. The summed E-state index contributed by atoms with van der Waals surface area (Å²) in [4.78, 5) is 4.14. The number of hydrogen-bond donors (Lipinski definition) is 2. The Morgan fingerprint density at radius 3 is 2.89 bits per heavy atom. The Hall–Kier alpha value is -1.28. The number of nitrogens with one attached hydrogen (secondary N) is 1. The van der Waals surface area contributed by atoms with E-state index in [0.717, 1.165) is 0 Å². The fraction of sp³-hybridized carbons (Fsp3) is 0.182. The molecule has 0 fully saturated rings. The molecule has 18 heavy (non-hydrogen) atoms. The minimum Gasteiger partial charge on any atom is -0.392 e. The SMILES string of the molecule is O=S(=O)(NCc1cscn1)c1cccc(CO)c1. The zero-order valence-electron chi connectivity index (χ0n) is 9.41.